The highest BCUT2D eigenvalue weighted by Gasteiger charge is 2.33. The number of hydrogen-bond acceptors (Lipinski definition) is 4. The summed E-state index contributed by atoms with van der Waals surface area (Å²) >= 11 is 0. The molecule has 0 radical (unpaired) electrons. The molecule has 132 valence electrons. The van der Waals surface area contributed by atoms with Gasteiger partial charge in [0.05, 0.1) is 12.1 Å². The van der Waals surface area contributed by atoms with Crippen LogP contribution in [0.2, 0.25) is 0 Å². The number of anilines is 1. The number of nitrogens with one attached hydrogen (secondary N) is 2. The van der Waals surface area contributed by atoms with E-state index in [1.54, 1.807) is 22.9 Å². The van der Waals surface area contributed by atoms with Crippen molar-refractivity contribution in [3.63, 3.8) is 0 Å². The highest BCUT2D eigenvalue weighted by atomic mass is 16.5. The minimum Gasteiger partial charge on any atom is -0.379 e. The van der Waals surface area contributed by atoms with Crippen molar-refractivity contribution in [3.8, 4) is 0 Å². The molecule has 3 amide bonds. The van der Waals surface area contributed by atoms with Crippen LogP contribution in [0.3, 0.4) is 0 Å². The summed E-state index contributed by atoms with van der Waals surface area (Å²) in [7, 11) is 3.48. The highest BCUT2D eigenvalue weighted by molar-refractivity contribution is 5.99. The largest absolute Gasteiger partial charge is 0.379 e. The molecule has 1 aromatic rings. The lowest BCUT2D eigenvalue weighted by Gasteiger charge is -2.31. The molecule has 2 heterocycles. The number of amides is 3. The van der Waals surface area contributed by atoms with E-state index >= 15 is 0 Å². The Morgan fingerprint density at radius 1 is 1.29 bits per heavy atom. The second-order valence-electron chi connectivity index (χ2n) is 6.46. The van der Waals surface area contributed by atoms with E-state index < -0.39 is 6.04 Å². The van der Waals surface area contributed by atoms with Gasteiger partial charge in [0, 0.05) is 33.0 Å². The van der Waals surface area contributed by atoms with Gasteiger partial charge in [-0.3, -0.25) is 14.4 Å². The van der Waals surface area contributed by atoms with Crippen LogP contribution in [-0.4, -0.2) is 53.6 Å². The summed E-state index contributed by atoms with van der Waals surface area (Å²) < 4.78 is 7.05. The topological polar surface area (TPSA) is 88.5 Å². The van der Waals surface area contributed by atoms with Crippen LogP contribution in [0.1, 0.15) is 32.1 Å². The number of carbonyl (C=O) groups excluding carboxylic acids is 2. The number of ether oxygens (including phenoxy) is 1. The lowest BCUT2D eigenvalue weighted by atomic mass is 10.0. The zero-order valence-electron chi connectivity index (χ0n) is 14.2. The first kappa shape index (κ1) is 16.8. The van der Waals surface area contributed by atoms with E-state index in [1.807, 2.05) is 13.1 Å². The number of piperidine rings is 1. The molecular weight excluding hydrogens is 310 g/mol. The number of urea groups is 1. The fraction of sp³-hybridized carbons (Fsp3) is 0.688. The zero-order valence-corrected chi connectivity index (χ0v) is 14.2. The Morgan fingerprint density at radius 2 is 2.12 bits per heavy atom. The zero-order chi connectivity index (χ0) is 17.1. The van der Waals surface area contributed by atoms with E-state index in [4.69, 9.17) is 4.74 Å². The molecule has 1 aliphatic heterocycles. The minimum atomic E-state index is -0.511. The summed E-state index contributed by atoms with van der Waals surface area (Å²) in [6.45, 7) is 0.629. The summed E-state index contributed by atoms with van der Waals surface area (Å²) in [5.74, 6) is 0.523. The van der Waals surface area contributed by atoms with Gasteiger partial charge in [-0.25, -0.2) is 4.79 Å². The summed E-state index contributed by atoms with van der Waals surface area (Å²) in [5, 5.41) is 10.0. The van der Waals surface area contributed by atoms with Crippen molar-refractivity contribution in [1.82, 2.24) is 20.4 Å². The first-order valence-corrected chi connectivity index (χ1v) is 8.49. The molecular formula is C16H25N5O3. The molecule has 1 saturated carbocycles. The van der Waals surface area contributed by atoms with E-state index in [9.17, 15) is 9.59 Å². The quantitative estimate of drug-likeness (QED) is 0.851. The lowest BCUT2D eigenvalue weighted by Crippen LogP contribution is -2.56. The summed E-state index contributed by atoms with van der Waals surface area (Å²) in [6, 6.07) is 1.01. The molecule has 0 aromatic carbocycles. The maximum Gasteiger partial charge on any atom is 0.315 e. The van der Waals surface area contributed by atoms with E-state index in [1.165, 1.54) is 0 Å². The highest BCUT2D eigenvalue weighted by Crippen LogP contribution is 2.22. The third-order valence-corrected chi connectivity index (χ3v) is 4.79. The first-order chi connectivity index (χ1) is 11.6. The molecule has 1 saturated heterocycles. The van der Waals surface area contributed by atoms with Gasteiger partial charge in [-0.05, 0) is 32.1 Å². The van der Waals surface area contributed by atoms with Crippen molar-refractivity contribution < 1.29 is 14.3 Å². The number of hydrogen-bond donors (Lipinski definition) is 2. The minimum absolute atomic E-state index is 0.0144. The Kier molecular flexibility index (Phi) is 5.03. The fourth-order valence-corrected chi connectivity index (χ4v) is 3.52. The molecule has 2 fully saturated rings. The normalized spacial score (nSPS) is 27.3. The van der Waals surface area contributed by atoms with Crippen LogP contribution >= 0.6 is 0 Å². The summed E-state index contributed by atoms with van der Waals surface area (Å²) in [6.07, 6.45) is 6.24. The Morgan fingerprint density at radius 3 is 2.83 bits per heavy atom. The van der Waals surface area contributed by atoms with Gasteiger partial charge < -0.3 is 15.4 Å². The number of methoxy groups -OCH3 is 1. The molecule has 1 aromatic heterocycles. The van der Waals surface area contributed by atoms with Crippen molar-refractivity contribution in [2.24, 2.45) is 7.05 Å². The van der Waals surface area contributed by atoms with Crippen LogP contribution in [-0.2, 0) is 16.6 Å². The summed E-state index contributed by atoms with van der Waals surface area (Å²) in [4.78, 5) is 26.5. The Labute approximate surface area is 141 Å². The second-order valence-corrected chi connectivity index (χ2v) is 6.46. The predicted octanol–water partition coefficient (Wildman–Crippen LogP) is 0.782. The number of nitrogens with zero attached hydrogens (tertiary/aromatic N) is 3. The van der Waals surface area contributed by atoms with Crippen LogP contribution in [0, 0.1) is 0 Å². The van der Waals surface area contributed by atoms with Gasteiger partial charge in [0.2, 0.25) is 0 Å². The van der Waals surface area contributed by atoms with Gasteiger partial charge in [0.15, 0.2) is 5.82 Å². The van der Waals surface area contributed by atoms with Gasteiger partial charge in [-0.15, -0.1) is 0 Å². The van der Waals surface area contributed by atoms with Crippen molar-refractivity contribution in [3.05, 3.63) is 12.3 Å². The monoisotopic (exact) mass is 335 g/mol. The SMILES string of the molecule is CO[C@@H]1CCC[C@H]1NC(=O)NC1CCCN(c2ccn(C)n2)C1=O. The summed E-state index contributed by atoms with van der Waals surface area (Å²) in [5.41, 5.74) is 0. The van der Waals surface area contributed by atoms with E-state index in [-0.39, 0.29) is 24.1 Å². The molecule has 0 bridgehead atoms. The molecule has 0 spiro atoms. The number of rotatable bonds is 4. The predicted molar refractivity (Wildman–Crippen MR) is 88.7 cm³/mol. The second kappa shape index (κ2) is 7.21. The lowest BCUT2D eigenvalue weighted by molar-refractivity contribution is -0.121. The molecule has 3 rings (SSSR count). The van der Waals surface area contributed by atoms with E-state index in [0.717, 1.165) is 25.7 Å². The van der Waals surface area contributed by atoms with Gasteiger partial charge in [0.25, 0.3) is 5.91 Å². The van der Waals surface area contributed by atoms with Gasteiger partial charge >= 0.3 is 6.03 Å². The van der Waals surface area contributed by atoms with Gasteiger partial charge in [0.1, 0.15) is 6.04 Å². The molecule has 1 aliphatic carbocycles. The van der Waals surface area contributed by atoms with Gasteiger partial charge in [-0.2, -0.15) is 5.10 Å². The maximum atomic E-state index is 12.6. The van der Waals surface area contributed by atoms with Crippen molar-refractivity contribution >= 4 is 17.8 Å². The molecule has 2 N–H and O–H groups in total. The Hall–Kier alpha value is -2.09. The van der Waals surface area contributed by atoms with Crippen LogP contribution in [0.15, 0.2) is 12.3 Å². The average molecular weight is 335 g/mol. The van der Waals surface area contributed by atoms with Crippen LogP contribution in [0.4, 0.5) is 10.6 Å². The fourth-order valence-electron chi connectivity index (χ4n) is 3.52. The molecule has 3 atom stereocenters. The van der Waals surface area contributed by atoms with Crippen LogP contribution in [0.5, 0.6) is 0 Å². The average Bonchev–Trinajstić information content (AvgIpc) is 3.18. The molecule has 8 heteroatoms. The van der Waals surface area contributed by atoms with E-state index in [0.29, 0.717) is 18.8 Å². The van der Waals surface area contributed by atoms with Crippen molar-refractivity contribution in [2.75, 3.05) is 18.6 Å². The van der Waals surface area contributed by atoms with Gasteiger partial charge in [-0.1, -0.05) is 0 Å². The number of carbonyl (C=O) groups is 2. The third kappa shape index (κ3) is 3.53. The number of aromatic nitrogens is 2. The molecule has 24 heavy (non-hydrogen) atoms. The Balaban J connectivity index is 1.58. The third-order valence-electron chi connectivity index (χ3n) is 4.79. The molecule has 8 nitrogen and oxygen atoms in total. The van der Waals surface area contributed by atoms with Crippen LogP contribution in [0.25, 0.3) is 0 Å². The van der Waals surface area contributed by atoms with E-state index in [2.05, 4.69) is 15.7 Å². The Bertz CT molecular complexity index is 602. The number of aryl methyl sites for hydroxylation is 1. The maximum absolute atomic E-state index is 12.6. The van der Waals surface area contributed by atoms with Crippen LogP contribution < -0.4 is 15.5 Å². The van der Waals surface area contributed by atoms with Crippen molar-refractivity contribution in [2.45, 2.75) is 50.3 Å². The van der Waals surface area contributed by atoms with Crippen molar-refractivity contribution in [1.29, 1.82) is 0 Å². The molecule has 2 aliphatic rings. The smallest absolute Gasteiger partial charge is 0.315 e. The molecule has 1 unspecified atom stereocenters. The first-order valence-electron chi connectivity index (χ1n) is 8.49. The standard InChI is InChI=1S/C16H25N5O3/c1-20-10-8-14(19-20)21-9-4-6-12(15(21)22)18-16(23)17-11-5-3-7-13(11)24-2/h8,10-13H,3-7,9H2,1-2H3,(H2,17,18,23)/t11-,12?,13-/m1/s1.